The van der Waals surface area contributed by atoms with Gasteiger partial charge in [0.15, 0.2) is 9.84 Å². The van der Waals surface area contributed by atoms with E-state index in [1.807, 2.05) is 0 Å². The molecule has 4 nitrogen and oxygen atoms in total. The van der Waals surface area contributed by atoms with Gasteiger partial charge >= 0.3 is 0 Å². The van der Waals surface area contributed by atoms with Crippen LogP contribution in [0.2, 0.25) is 0 Å². The number of halogens is 2. The summed E-state index contributed by atoms with van der Waals surface area (Å²) in [6.45, 7) is 1.69. The van der Waals surface area contributed by atoms with Crippen LogP contribution in [0.25, 0.3) is 0 Å². The van der Waals surface area contributed by atoms with Crippen molar-refractivity contribution in [1.82, 2.24) is 5.32 Å². The fraction of sp³-hybridized carbons (Fsp3) is 0.900. The first-order valence-electron chi connectivity index (χ1n) is 5.50. The van der Waals surface area contributed by atoms with Crippen molar-refractivity contribution in [1.29, 1.82) is 0 Å². The Labute approximate surface area is 112 Å². The van der Waals surface area contributed by atoms with Crippen molar-refractivity contribution in [3.8, 4) is 0 Å². The molecule has 1 fully saturated rings. The maximum absolute atomic E-state index is 11.9. The van der Waals surface area contributed by atoms with Gasteiger partial charge in [0.25, 0.3) is 0 Å². The molecule has 0 spiro atoms. The van der Waals surface area contributed by atoms with Gasteiger partial charge in [0.1, 0.15) is 5.25 Å². The van der Waals surface area contributed by atoms with E-state index in [-0.39, 0.29) is 17.5 Å². The lowest BCUT2D eigenvalue weighted by Gasteiger charge is -2.29. The van der Waals surface area contributed by atoms with Crippen LogP contribution in [0, 0.1) is 0 Å². The molecule has 0 radical (unpaired) electrons. The summed E-state index contributed by atoms with van der Waals surface area (Å²) in [4.78, 5) is 11.9. The number of sulfone groups is 1. The lowest BCUT2D eigenvalue weighted by molar-refractivity contribution is -0.122. The highest BCUT2D eigenvalue weighted by Crippen LogP contribution is 2.21. The summed E-state index contributed by atoms with van der Waals surface area (Å²) in [7, 11) is -3.31. The Morgan fingerprint density at radius 1 is 1.35 bits per heavy atom. The van der Waals surface area contributed by atoms with E-state index < -0.39 is 26.5 Å². The van der Waals surface area contributed by atoms with E-state index in [1.54, 1.807) is 6.92 Å². The zero-order valence-electron chi connectivity index (χ0n) is 9.71. The van der Waals surface area contributed by atoms with Crippen LogP contribution in [0.15, 0.2) is 0 Å². The van der Waals surface area contributed by atoms with Crippen LogP contribution in [-0.4, -0.2) is 42.6 Å². The first-order valence-corrected chi connectivity index (χ1v) is 8.28. The largest absolute Gasteiger partial charge is 0.347 e. The van der Waals surface area contributed by atoms with E-state index in [1.165, 1.54) is 0 Å². The first-order chi connectivity index (χ1) is 7.84. The monoisotopic (exact) mass is 301 g/mol. The van der Waals surface area contributed by atoms with Gasteiger partial charge in [-0.05, 0) is 19.8 Å². The van der Waals surface area contributed by atoms with E-state index in [9.17, 15) is 13.2 Å². The van der Waals surface area contributed by atoms with Gasteiger partial charge in [-0.1, -0.05) is 6.42 Å². The number of nitrogens with one attached hydrogen (secondary N) is 1. The molecule has 0 aromatic carbocycles. The molecule has 1 aliphatic heterocycles. The van der Waals surface area contributed by atoms with Crippen LogP contribution >= 0.6 is 23.2 Å². The van der Waals surface area contributed by atoms with E-state index >= 15 is 0 Å². The van der Waals surface area contributed by atoms with Crippen molar-refractivity contribution >= 4 is 38.9 Å². The molecule has 1 rings (SSSR count). The van der Waals surface area contributed by atoms with Crippen molar-refractivity contribution in [2.45, 2.75) is 37.0 Å². The Morgan fingerprint density at radius 2 is 1.94 bits per heavy atom. The van der Waals surface area contributed by atoms with Crippen molar-refractivity contribution in [2.24, 2.45) is 0 Å². The summed E-state index contributed by atoms with van der Waals surface area (Å²) >= 11 is 11.4. The van der Waals surface area contributed by atoms with Gasteiger partial charge in [-0.2, -0.15) is 0 Å². The molecular formula is C10H17Cl2NO3S. The van der Waals surface area contributed by atoms with E-state index in [2.05, 4.69) is 5.32 Å². The number of carbonyl (C=O) groups is 1. The number of rotatable bonds is 4. The topological polar surface area (TPSA) is 63.2 Å². The highest BCUT2D eigenvalue weighted by atomic mass is 35.5. The molecule has 1 saturated heterocycles. The molecule has 1 aliphatic rings. The van der Waals surface area contributed by atoms with Gasteiger partial charge in [-0.25, -0.2) is 8.42 Å². The molecule has 0 aliphatic carbocycles. The zero-order valence-corrected chi connectivity index (χ0v) is 12.0. The predicted octanol–water partition coefficient (Wildman–Crippen LogP) is 1.31. The second-order valence-electron chi connectivity index (χ2n) is 4.67. The molecule has 100 valence electrons. The predicted molar refractivity (Wildman–Crippen MR) is 69.4 cm³/mol. The number of alkyl halides is 2. The average molecular weight is 302 g/mol. The van der Waals surface area contributed by atoms with Crippen LogP contribution in [-0.2, 0) is 14.6 Å². The Kier molecular flexibility index (Phi) is 5.10. The number of carbonyl (C=O) groups excluding carboxylic acids is 1. The molecule has 0 aromatic rings. The lowest BCUT2D eigenvalue weighted by Crippen LogP contribution is -2.54. The minimum absolute atomic E-state index is 0.0869. The van der Waals surface area contributed by atoms with Crippen LogP contribution in [0.5, 0.6) is 0 Å². The molecule has 0 aromatic heterocycles. The van der Waals surface area contributed by atoms with Crippen LogP contribution in [0.1, 0.15) is 26.2 Å². The van der Waals surface area contributed by atoms with Gasteiger partial charge in [-0.3, -0.25) is 4.79 Å². The third kappa shape index (κ3) is 3.73. The molecule has 1 N–H and O–H groups in total. The average Bonchev–Trinajstić information content (AvgIpc) is 2.28. The van der Waals surface area contributed by atoms with Gasteiger partial charge < -0.3 is 5.32 Å². The summed E-state index contributed by atoms with van der Waals surface area (Å²) in [6, 6.07) is 0. The standard InChI is InChI=1S/C10H17Cl2NO3S/c1-10(6-11,7-12)13-9(14)8-4-2-3-5-17(8,15)16/h8H,2-7H2,1H3,(H,13,14). The first kappa shape index (κ1) is 15.1. The van der Waals surface area contributed by atoms with E-state index in [4.69, 9.17) is 23.2 Å². The molecule has 1 unspecified atom stereocenters. The third-order valence-electron chi connectivity index (χ3n) is 2.89. The van der Waals surface area contributed by atoms with Crippen molar-refractivity contribution in [3.63, 3.8) is 0 Å². The molecule has 1 amide bonds. The maximum atomic E-state index is 11.9. The van der Waals surface area contributed by atoms with Crippen LogP contribution in [0.3, 0.4) is 0 Å². The summed E-state index contributed by atoms with van der Waals surface area (Å²) in [6.07, 6.45) is 1.78. The van der Waals surface area contributed by atoms with Gasteiger partial charge in [0.2, 0.25) is 5.91 Å². The minimum atomic E-state index is -3.31. The molecule has 1 heterocycles. The highest BCUT2D eigenvalue weighted by Gasteiger charge is 2.37. The second kappa shape index (κ2) is 5.76. The van der Waals surface area contributed by atoms with Gasteiger partial charge in [0.05, 0.1) is 11.3 Å². The Bertz CT molecular complexity index is 379. The summed E-state index contributed by atoms with van der Waals surface area (Å²) in [5.74, 6) is -0.0957. The lowest BCUT2D eigenvalue weighted by atomic mass is 10.1. The molecule has 1 atom stereocenters. The van der Waals surface area contributed by atoms with Crippen molar-refractivity contribution in [2.75, 3.05) is 17.5 Å². The normalized spacial score (nSPS) is 24.3. The fourth-order valence-electron chi connectivity index (χ4n) is 1.73. The zero-order chi connectivity index (χ0) is 13.1. The maximum Gasteiger partial charge on any atom is 0.238 e. The third-order valence-corrected chi connectivity index (χ3v) is 6.24. The summed E-state index contributed by atoms with van der Waals surface area (Å²) in [5, 5.41) is 1.69. The van der Waals surface area contributed by atoms with E-state index in [0.717, 1.165) is 6.42 Å². The fourth-order valence-corrected chi connectivity index (χ4v) is 3.95. The van der Waals surface area contributed by atoms with Gasteiger partial charge in [-0.15, -0.1) is 23.2 Å². The Morgan fingerprint density at radius 3 is 2.41 bits per heavy atom. The van der Waals surface area contributed by atoms with Crippen molar-refractivity contribution < 1.29 is 13.2 Å². The molecule has 17 heavy (non-hydrogen) atoms. The van der Waals surface area contributed by atoms with Crippen LogP contribution < -0.4 is 5.32 Å². The Balaban J connectivity index is 2.76. The summed E-state index contributed by atoms with van der Waals surface area (Å²) in [5.41, 5.74) is -0.757. The van der Waals surface area contributed by atoms with E-state index in [0.29, 0.717) is 12.8 Å². The van der Waals surface area contributed by atoms with Crippen LogP contribution in [0.4, 0.5) is 0 Å². The smallest absolute Gasteiger partial charge is 0.238 e. The number of hydrogen-bond donors (Lipinski definition) is 1. The molecule has 7 heteroatoms. The molecule has 0 bridgehead atoms. The number of hydrogen-bond acceptors (Lipinski definition) is 3. The summed E-state index contributed by atoms with van der Waals surface area (Å²) < 4.78 is 23.5. The SMILES string of the molecule is CC(CCl)(CCl)NC(=O)C1CCCCS1(=O)=O. The second-order valence-corrected chi connectivity index (χ2v) is 7.51. The quantitative estimate of drug-likeness (QED) is 0.796. The van der Waals surface area contributed by atoms with Crippen molar-refractivity contribution in [3.05, 3.63) is 0 Å². The minimum Gasteiger partial charge on any atom is -0.347 e. The van der Waals surface area contributed by atoms with Gasteiger partial charge in [0, 0.05) is 11.8 Å². The number of amides is 1. The molecule has 0 saturated carbocycles. The Hall–Kier alpha value is -0.000000000000000111. The molecular weight excluding hydrogens is 285 g/mol. The highest BCUT2D eigenvalue weighted by molar-refractivity contribution is 7.92.